The molecule has 0 aromatic heterocycles. The first kappa shape index (κ1) is 18.8. The first-order valence-corrected chi connectivity index (χ1v) is 7.31. The zero-order chi connectivity index (χ0) is 14.3. The Kier molecular flexibility index (Phi) is 14.1. The second-order valence-corrected chi connectivity index (χ2v) is 4.60. The lowest BCUT2D eigenvalue weighted by Crippen LogP contribution is -2.34. The van der Waals surface area contributed by atoms with Crippen LogP contribution in [-0.2, 0) is 14.2 Å². The molecular weight excluding hydrogens is 248 g/mol. The largest absolute Gasteiger partial charge is 0.394 e. The van der Waals surface area contributed by atoms with E-state index in [9.17, 15) is 10.2 Å². The van der Waals surface area contributed by atoms with Gasteiger partial charge in [-0.2, -0.15) is 0 Å². The van der Waals surface area contributed by atoms with E-state index in [2.05, 4.69) is 13.8 Å². The highest BCUT2D eigenvalue weighted by molar-refractivity contribution is 4.61. The average molecular weight is 278 g/mol. The van der Waals surface area contributed by atoms with Gasteiger partial charge in [0.25, 0.3) is 0 Å². The van der Waals surface area contributed by atoms with Crippen LogP contribution in [0.1, 0.15) is 39.5 Å². The Morgan fingerprint density at radius 2 is 1.21 bits per heavy atom. The summed E-state index contributed by atoms with van der Waals surface area (Å²) in [5.74, 6) is 0. The molecule has 19 heavy (non-hydrogen) atoms. The number of ether oxygens (including phenoxy) is 3. The third kappa shape index (κ3) is 11.3. The maximum atomic E-state index is 9.21. The molecule has 0 aliphatic carbocycles. The zero-order valence-corrected chi connectivity index (χ0v) is 12.3. The fourth-order valence-corrected chi connectivity index (χ4v) is 1.46. The Morgan fingerprint density at radius 1 is 0.789 bits per heavy atom. The minimum atomic E-state index is -0.399. The van der Waals surface area contributed by atoms with Crippen LogP contribution in [-0.4, -0.2) is 62.1 Å². The summed E-state index contributed by atoms with van der Waals surface area (Å²) in [5, 5.41) is 18.4. The SMILES string of the molecule is CCCCOCC(CO)OC(CO)COCCCC. The van der Waals surface area contributed by atoms with Crippen LogP contribution in [0.2, 0.25) is 0 Å². The van der Waals surface area contributed by atoms with Gasteiger partial charge in [-0.15, -0.1) is 0 Å². The summed E-state index contributed by atoms with van der Waals surface area (Å²) in [6, 6.07) is 0. The zero-order valence-electron chi connectivity index (χ0n) is 12.3. The third-order valence-corrected chi connectivity index (χ3v) is 2.68. The quantitative estimate of drug-likeness (QED) is 0.470. The summed E-state index contributed by atoms with van der Waals surface area (Å²) in [6.07, 6.45) is 3.36. The molecule has 2 unspecified atom stereocenters. The van der Waals surface area contributed by atoms with Gasteiger partial charge in [-0.1, -0.05) is 26.7 Å². The van der Waals surface area contributed by atoms with Crippen molar-refractivity contribution in [2.45, 2.75) is 51.7 Å². The van der Waals surface area contributed by atoms with Crippen LogP contribution >= 0.6 is 0 Å². The van der Waals surface area contributed by atoms with Gasteiger partial charge in [0, 0.05) is 13.2 Å². The molecule has 0 aromatic carbocycles. The summed E-state index contributed by atoms with van der Waals surface area (Å²) in [6.45, 7) is 6.01. The van der Waals surface area contributed by atoms with Crippen LogP contribution < -0.4 is 0 Å². The average Bonchev–Trinajstić information content (AvgIpc) is 2.44. The third-order valence-electron chi connectivity index (χ3n) is 2.68. The number of rotatable bonds is 14. The molecule has 0 saturated heterocycles. The van der Waals surface area contributed by atoms with Crippen molar-refractivity contribution in [3.8, 4) is 0 Å². The molecule has 116 valence electrons. The Bertz CT molecular complexity index is 159. The van der Waals surface area contributed by atoms with E-state index >= 15 is 0 Å². The molecule has 2 atom stereocenters. The Balaban J connectivity index is 3.76. The van der Waals surface area contributed by atoms with Crippen LogP contribution in [0.4, 0.5) is 0 Å². The highest BCUT2D eigenvalue weighted by Gasteiger charge is 2.16. The standard InChI is InChI=1S/C14H30O5/c1-3-5-7-17-11-13(9-15)19-14(10-16)12-18-8-6-4-2/h13-16H,3-12H2,1-2H3. The van der Waals surface area contributed by atoms with Crippen molar-refractivity contribution in [2.24, 2.45) is 0 Å². The van der Waals surface area contributed by atoms with Crippen molar-refractivity contribution in [1.82, 2.24) is 0 Å². The summed E-state index contributed by atoms with van der Waals surface area (Å²) < 4.78 is 16.4. The predicted octanol–water partition coefficient (Wildman–Crippen LogP) is 1.36. The van der Waals surface area contributed by atoms with Crippen molar-refractivity contribution in [2.75, 3.05) is 39.6 Å². The number of hydrogen-bond acceptors (Lipinski definition) is 5. The van der Waals surface area contributed by atoms with E-state index in [0.717, 1.165) is 25.7 Å². The number of hydrogen-bond donors (Lipinski definition) is 2. The van der Waals surface area contributed by atoms with Gasteiger partial charge >= 0.3 is 0 Å². The van der Waals surface area contributed by atoms with Crippen LogP contribution in [0.5, 0.6) is 0 Å². The monoisotopic (exact) mass is 278 g/mol. The normalized spacial score (nSPS) is 14.5. The molecule has 0 radical (unpaired) electrons. The van der Waals surface area contributed by atoms with E-state index < -0.39 is 12.2 Å². The van der Waals surface area contributed by atoms with Crippen molar-refractivity contribution in [3.63, 3.8) is 0 Å². The van der Waals surface area contributed by atoms with E-state index in [1.165, 1.54) is 0 Å². The summed E-state index contributed by atoms with van der Waals surface area (Å²) in [5.41, 5.74) is 0. The van der Waals surface area contributed by atoms with Crippen molar-refractivity contribution < 1.29 is 24.4 Å². The molecule has 0 heterocycles. The molecule has 5 heteroatoms. The van der Waals surface area contributed by atoms with Crippen LogP contribution in [0.25, 0.3) is 0 Å². The van der Waals surface area contributed by atoms with Crippen molar-refractivity contribution in [1.29, 1.82) is 0 Å². The molecule has 2 N–H and O–H groups in total. The number of unbranched alkanes of at least 4 members (excludes halogenated alkanes) is 2. The molecule has 0 fully saturated rings. The summed E-state index contributed by atoms with van der Waals surface area (Å²) >= 11 is 0. The molecular formula is C14H30O5. The van der Waals surface area contributed by atoms with Crippen molar-refractivity contribution >= 4 is 0 Å². The van der Waals surface area contributed by atoms with Gasteiger partial charge in [0.2, 0.25) is 0 Å². The minimum Gasteiger partial charge on any atom is -0.394 e. The maximum Gasteiger partial charge on any atom is 0.104 e. The smallest absolute Gasteiger partial charge is 0.104 e. The fraction of sp³-hybridized carbons (Fsp3) is 1.00. The summed E-state index contributed by atoms with van der Waals surface area (Å²) in [7, 11) is 0. The topological polar surface area (TPSA) is 68.2 Å². The first-order valence-electron chi connectivity index (χ1n) is 7.31. The number of aliphatic hydroxyl groups excluding tert-OH is 2. The highest BCUT2D eigenvalue weighted by atomic mass is 16.6. The van der Waals surface area contributed by atoms with Gasteiger partial charge in [0.1, 0.15) is 12.2 Å². The van der Waals surface area contributed by atoms with Crippen LogP contribution in [0, 0.1) is 0 Å². The van der Waals surface area contributed by atoms with E-state index in [1.807, 2.05) is 0 Å². The maximum absolute atomic E-state index is 9.21. The lowest BCUT2D eigenvalue weighted by Gasteiger charge is -2.22. The molecule has 0 aliphatic heterocycles. The molecule has 0 spiro atoms. The van der Waals surface area contributed by atoms with E-state index in [-0.39, 0.29) is 13.2 Å². The van der Waals surface area contributed by atoms with Crippen LogP contribution in [0.3, 0.4) is 0 Å². The lowest BCUT2D eigenvalue weighted by atomic mass is 10.3. The molecule has 0 aromatic rings. The fourth-order valence-electron chi connectivity index (χ4n) is 1.46. The van der Waals surface area contributed by atoms with Crippen molar-refractivity contribution in [3.05, 3.63) is 0 Å². The van der Waals surface area contributed by atoms with Gasteiger partial charge in [-0.05, 0) is 12.8 Å². The Morgan fingerprint density at radius 3 is 1.53 bits per heavy atom. The van der Waals surface area contributed by atoms with Gasteiger partial charge in [-0.3, -0.25) is 0 Å². The molecule has 0 aliphatic rings. The van der Waals surface area contributed by atoms with Gasteiger partial charge in [0.05, 0.1) is 26.4 Å². The van der Waals surface area contributed by atoms with E-state index in [1.54, 1.807) is 0 Å². The lowest BCUT2D eigenvalue weighted by molar-refractivity contribution is -0.115. The van der Waals surface area contributed by atoms with E-state index in [4.69, 9.17) is 14.2 Å². The van der Waals surface area contributed by atoms with Gasteiger partial charge in [0.15, 0.2) is 0 Å². The predicted molar refractivity (Wildman–Crippen MR) is 74.3 cm³/mol. The molecule has 0 amide bonds. The van der Waals surface area contributed by atoms with Gasteiger partial charge < -0.3 is 24.4 Å². The van der Waals surface area contributed by atoms with Gasteiger partial charge in [-0.25, -0.2) is 0 Å². The molecule has 0 saturated carbocycles. The second-order valence-electron chi connectivity index (χ2n) is 4.60. The minimum absolute atomic E-state index is 0.114. The number of aliphatic hydroxyl groups is 2. The Hall–Kier alpha value is -0.200. The van der Waals surface area contributed by atoms with Crippen LogP contribution in [0.15, 0.2) is 0 Å². The first-order chi connectivity index (χ1) is 9.28. The highest BCUT2D eigenvalue weighted by Crippen LogP contribution is 2.02. The second kappa shape index (κ2) is 14.2. The molecule has 0 bridgehead atoms. The summed E-state index contributed by atoms with van der Waals surface area (Å²) in [4.78, 5) is 0. The molecule has 0 rings (SSSR count). The Labute approximate surface area is 116 Å². The molecule has 5 nitrogen and oxygen atoms in total. The van der Waals surface area contributed by atoms with E-state index in [0.29, 0.717) is 26.4 Å².